The van der Waals surface area contributed by atoms with E-state index in [-0.39, 0.29) is 6.61 Å². The molecule has 0 fully saturated rings. The zero-order valence-corrected chi connectivity index (χ0v) is 21.5. The molecule has 31 heavy (non-hydrogen) atoms. The summed E-state index contributed by atoms with van der Waals surface area (Å²) in [6.07, 6.45) is 19.0. The minimum Gasteiger partial charge on any atom is -0.389 e. The van der Waals surface area contributed by atoms with E-state index in [1.807, 2.05) is 0 Å². The van der Waals surface area contributed by atoms with Gasteiger partial charge in [0.15, 0.2) is 0 Å². The highest BCUT2D eigenvalue weighted by Crippen LogP contribution is 2.16. The lowest BCUT2D eigenvalue weighted by molar-refractivity contribution is 0.0126. The monoisotopic (exact) mass is 486 g/mol. The molecule has 2 atom stereocenters. The van der Waals surface area contributed by atoms with E-state index in [0.29, 0.717) is 12.7 Å². The van der Waals surface area contributed by atoms with Gasteiger partial charge in [-0.15, -0.1) is 3.63 Å². The molecule has 0 aliphatic heterocycles. The van der Waals surface area contributed by atoms with Gasteiger partial charge in [-0.05, 0) is 13.3 Å². The first-order chi connectivity index (χ1) is 14.6. The highest BCUT2D eigenvalue weighted by atomic mass is 32.3. The Kier molecular flexibility index (Phi) is 18.1. The van der Waals surface area contributed by atoms with Crippen LogP contribution < -0.4 is 0 Å². The molecule has 188 valence electrons. The molecule has 1 N–H and O–H groups in total. The lowest BCUT2D eigenvalue weighted by atomic mass is 10.0. The molecule has 9 heteroatoms. The molecular weight excluding hydrogens is 440 g/mol. The summed E-state index contributed by atoms with van der Waals surface area (Å²) in [5, 5.41) is 9.60. The lowest BCUT2D eigenvalue weighted by Gasteiger charge is -2.19. The van der Waals surface area contributed by atoms with E-state index in [4.69, 9.17) is 4.74 Å². The average Bonchev–Trinajstić information content (AvgIpc) is 2.64. The first kappa shape index (κ1) is 30.8. The average molecular weight is 487 g/mol. The van der Waals surface area contributed by atoms with E-state index < -0.39 is 31.8 Å². The largest absolute Gasteiger partial charge is 0.389 e. The zero-order chi connectivity index (χ0) is 23.6. The zero-order valence-electron chi connectivity index (χ0n) is 19.9. The van der Waals surface area contributed by atoms with Gasteiger partial charge in [-0.3, -0.25) is 0 Å². The fourth-order valence-corrected chi connectivity index (χ4v) is 5.96. The van der Waals surface area contributed by atoms with E-state index >= 15 is 0 Å². The number of rotatable bonds is 22. The van der Waals surface area contributed by atoms with Crippen LogP contribution in [0.5, 0.6) is 0 Å². The van der Waals surface area contributed by atoms with Crippen molar-refractivity contribution in [2.24, 2.45) is 0 Å². The summed E-state index contributed by atoms with van der Waals surface area (Å²) in [5.41, 5.74) is -1.71. The van der Waals surface area contributed by atoms with Crippen LogP contribution in [-0.4, -0.2) is 46.3 Å². The predicted molar refractivity (Wildman–Crippen MR) is 126 cm³/mol. The summed E-state index contributed by atoms with van der Waals surface area (Å²) in [4.78, 5) is 0. The van der Waals surface area contributed by atoms with Gasteiger partial charge in [-0.25, -0.2) is 0 Å². The first-order valence-corrected chi connectivity index (χ1v) is 15.3. The van der Waals surface area contributed by atoms with Gasteiger partial charge in [0.05, 0.1) is 12.4 Å². The van der Waals surface area contributed by atoms with Crippen LogP contribution in [0.15, 0.2) is 0 Å². The van der Waals surface area contributed by atoms with Gasteiger partial charge in [0, 0.05) is 6.61 Å². The fraction of sp³-hybridized carbons (Fsp3) is 1.00. The Hall–Kier alpha value is -0.220. The topological polar surface area (TPSA) is 107 Å². The Morgan fingerprint density at radius 3 is 1.35 bits per heavy atom. The van der Waals surface area contributed by atoms with Gasteiger partial charge in [-0.1, -0.05) is 103 Å². The Balaban J connectivity index is 3.63. The minimum atomic E-state index is -4.56. The molecule has 0 saturated heterocycles. The third kappa shape index (κ3) is 19.0. The van der Waals surface area contributed by atoms with Crippen LogP contribution in [0.3, 0.4) is 0 Å². The van der Waals surface area contributed by atoms with Crippen molar-refractivity contribution in [2.75, 3.05) is 12.9 Å². The number of aliphatic hydroxyl groups excluding tert-OH is 1. The predicted octanol–water partition coefficient (Wildman–Crippen LogP) is 5.28. The van der Waals surface area contributed by atoms with Gasteiger partial charge >= 0.3 is 10.1 Å². The van der Waals surface area contributed by atoms with Crippen LogP contribution in [0, 0.1) is 0 Å². The molecule has 0 saturated carbocycles. The van der Waals surface area contributed by atoms with Crippen molar-refractivity contribution in [1.29, 1.82) is 0 Å². The molecule has 0 rings (SSSR count). The molecule has 0 aromatic heterocycles. The Bertz CT molecular complexity index is 616. The smallest absolute Gasteiger partial charge is 0.311 e. The molecule has 0 radical (unpaired) electrons. The third-order valence-electron chi connectivity index (χ3n) is 5.18. The maximum absolute atomic E-state index is 11.9. The van der Waals surface area contributed by atoms with Gasteiger partial charge < -0.3 is 9.84 Å². The molecule has 0 heterocycles. The number of hydrogen-bond acceptors (Lipinski definition) is 7. The molecule has 0 bridgehead atoms. The lowest BCUT2D eigenvalue weighted by Crippen LogP contribution is -2.37. The van der Waals surface area contributed by atoms with Crippen molar-refractivity contribution in [3.63, 3.8) is 0 Å². The third-order valence-corrected chi connectivity index (χ3v) is 8.02. The van der Waals surface area contributed by atoms with Crippen molar-refractivity contribution < 1.29 is 30.3 Å². The summed E-state index contributed by atoms with van der Waals surface area (Å²) in [6, 6.07) is 0. The summed E-state index contributed by atoms with van der Waals surface area (Å²) in [6.45, 7) is 3.60. The van der Waals surface area contributed by atoms with Crippen molar-refractivity contribution in [1.82, 2.24) is 0 Å². The maximum atomic E-state index is 11.9. The van der Waals surface area contributed by atoms with Crippen LogP contribution in [0.2, 0.25) is 0 Å². The summed E-state index contributed by atoms with van der Waals surface area (Å²) < 4.78 is 55.2. The Labute approximate surface area is 191 Å². The second-order valence-corrected chi connectivity index (χ2v) is 12.0. The minimum absolute atomic E-state index is 0.125. The second-order valence-electron chi connectivity index (χ2n) is 8.55. The van der Waals surface area contributed by atoms with Gasteiger partial charge in [0.25, 0.3) is 10.1 Å². The van der Waals surface area contributed by atoms with E-state index in [2.05, 4.69) is 10.6 Å². The van der Waals surface area contributed by atoms with E-state index in [1.165, 1.54) is 84.0 Å². The number of hydrogen-bond donors (Lipinski definition) is 1. The first-order valence-electron chi connectivity index (χ1n) is 12.0. The second kappa shape index (κ2) is 18.2. The van der Waals surface area contributed by atoms with E-state index in [1.54, 1.807) is 0 Å². The molecule has 0 aliphatic carbocycles. The number of ether oxygens (including phenoxy) is 1. The van der Waals surface area contributed by atoms with Gasteiger partial charge in [0.1, 0.15) is 0 Å². The van der Waals surface area contributed by atoms with Crippen LogP contribution in [-0.2, 0) is 28.6 Å². The van der Waals surface area contributed by atoms with Crippen molar-refractivity contribution in [3.05, 3.63) is 0 Å². The number of aliphatic hydroxyl groups is 1. The fourth-order valence-electron chi connectivity index (χ4n) is 3.52. The molecule has 0 amide bonds. The standard InChI is InChI=1S/C22H46O7S2/c1-4-5-6-7-8-9-10-11-12-13-14-15-16-17-18-19-20-28-22(21(2)23)31(26,27)29-30(3,24)25/h21-23H,4-20H2,1-3H3. The van der Waals surface area contributed by atoms with Crippen molar-refractivity contribution >= 4 is 20.2 Å². The summed E-state index contributed by atoms with van der Waals surface area (Å²) in [7, 11) is -8.76. The maximum Gasteiger partial charge on any atom is 0.311 e. The quantitative estimate of drug-likeness (QED) is 0.207. The summed E-state index contributed by atoms with van der Waals surface area (Å²) in [5.74, 6) is 0. The van der Waals surface area contributed by atoms with Crippen LogP contribution >= 0.6 is 0 Å². The molecule has 2 unspecified atom stereocenters. The molecule has 0 aliphatic rings. The molecule has 0 spiro atoms. The van der Waals surface area contributed by atoms with Crippen molar-refractivity contribution in [3.8, 4) is 0 Å². The van der Waals surface area contributed by atoms with Crippen molar-refractivity contribution in [2.45, 2.75) is 128 Å². The van der Waals surface area contributed by atoms with E-state index in [0.717, 1.165) is 19.3 Å². The molecule has 0 aromatic rings. The van der Waals surface area contributed by atoms with Gasteiger partial charge in [-0.2, -0.15) is 16.8 Å². The Morgan fingerprint density at radius 1 is 0.677 bits per heavy atom. The van der Waals surface area contributed by atoms with Crippen LogP contribution in [0.4, 0.5) is 0 Å². The Morgan fingerprint density at radius 2 is 1.03 bits per heavy atom. The normalized spacial score (nSPS) is 14.6. The summed E-state index contributed by atoms with van der Waals surface area (Å²) >= 11 is 0. The molecule has 0 aromatic carbocycles. The highest BCUT2D eigenvalue weighted by molar-refractivity contribution is 7.99. The highest BCUT2D eigenvalue weighted by Gasteiger charge is 2.35. The SMILES string of the molecule is CCCCCCCCCCCCCCCCCCOC(C(C)O)S(=O)(=O)OS(C)(=O)=O. The van der Waals surface area contributed by atoms with Gasteiger partial charge in [0.2, 0.25) is 5.44 Å². The van der Waals surface area contributed by atoms with E-state index in [9.17, 15) is 21.9 Å². The molecular formula is C22H46O7S2. The number of unbranched alkanes of at least 4 members (excludes halogenated alkanes) is 15. The van der Waals surface area contributed by atoms with Crippen LogP contribution in [0.25, 0.3) is 0 Å². The molecule has 7 nitrogen and oxygen atoms in total. The van der Waals surface area contributed by atoms with Crippen LogP contribution in [0.1, 0.15) is 117 Å².